The van der Waals surface area contributed by atoms with Crippen molar-refractivity contribution >= 4 is 22.2 Å². The standard InChI is InChI=1S/C9H7N5O2S/c10-12-7(15)5-4-14-9(11-5)17-8(13-14)6-2-1-3-16-6/h1-4H,10H2,(H,12,15). The summed E-state index contributed by atoms with van der Waals surface area (Å²) in [7, 11) is 0. The summed E-state index contributed by atoms with van der Waals surface area (Å²) >= 11 is 1.33. The first-order chi connectivity index (χ1) is 8.28. The first kappa shape index (κ1) is 10.00. The molecule has 0 atom stereocenters. The van der Waals surface area contributed by atoms with Crippen molar-refractivity contribution in [3.63, 3.8) is 0 Å². The van der Waals surface area contributed by atoms with Crippen LogP contribution >= 0.6 is 11.3 Å². The minimum Gasteiger partial charge on any atom is -0.462 e. The van der Waals surface area contributed by atoms with Crippen LogP contribution in [-0.2, 0) is 0 Å². The van der Waals surface area contributed by atoms with Gasteiger partial charge in [-0.15, -0.1) is 0 Å². The van der Waals surface area contributed by atoms with Gasteiger partial charge in [0.05, 0.1) is 12.5 Å². The zero-order valence-electron chi connectivity index (χ0n) is 8.45. The lowest BCUT2D eigenvalue weighted by atomic mass is 10.5. The normalized spacial score (nSPS) is 10.9. The molecule has 0 bridgehead atoms. The maximum Gasteiger partial charge on any atom is 0.285 e. The van der Waals surface area contributed by atoms with Gasteiger partial charge in [0.15, 0.2) is 16.5 Å². The van der Waals surface area contributed by atoms with Crippen LogP contribution in [-0.4, -0.2) is 20.5 Å². The summed E-state index contributed by atoms with van der Waals surface area (Å²) in [4.78, 5) is 15.9. The van der Waals surface area contributed by atoms with Gasteiger partial charge < -0.3 is 4.42 Å². The largest absolute Gasteiger partial charge is 0.462 e. The van der Waals surface area contributed by atoms with Crippen molar-refractivity contribution in [3.05, 3.63) is 30.3 Å². The highest BCUT2D eigenvalue weighted by atomic mass is 32.1. The second kappa shape index (κ2) is 3.68. The van der Waals surface area contributed by atoms with Crippen LogP contribution in [0.3, 0.4) is 0 Å². The Balaban J connectivity index is 2.05. The quantitative estimate of drug-likeness (QED) is 0.395. The zero-order chi connectivity index (χ0) is 11.8. The Morgan fingerprint density at radius 1 is 1.59 bits per heavy atom. The summed E-state index contributed by atoms with van der Waals surface area (Å²) in [5.74, 6) is 5.25. The second-order valence-electron chi connectivity index (χ2n) is 3.21. The first-order valence-electron chi connectivity index (χ1n) is 4.69. The molecule has 0 aliphatic carbocycles. The number of aromatic nitrogens is 3. The average molecular weight is 249 g/mol. The summed E-state index contributed by atoms with van der Waals surface area (Å²) in [5.41, 5.74) is 2.25. The predicted molar refractivity (Wildman–Crippen MR) is 60.2 cm³/mol. The number of nitrogens with two attached hydrogens (primary N) is 1. The Kier molecular flexibility index (Phi) is 2.16. The third kappa shape index (κ3) is 1.59. The minimum absolute atomic E-state index is 0.234. The monoisotopic (exact) mass is 249 g/mol. The predicted octanol–water partition coefficient (Wildman–Crippen LogP) is 0.654. The van der Waals surface area contributed by atoms with Crippen LogP contribution in [0.25, 0.3) is 15.7 Å². The molecule has 3 rings (SSSR count). The Morgan fingerprint density at radius 3 is 3.12 bits per heavy atom. The van der Waals surface area contributed by atoms with Crippen LogP contribution in [0.4, 0.5) is 0 Å². The topological polar surface area (TPSA) is 98.5 Å². The number of amides is 1. The zero-order valence-corrected chi connectivity index (χ0v) is 9.27. The van der Waals surface area contributed by atoms with E-state index in [0.717, 1.165) is 0 Å². The van der Waals surface area contributed by atoms with E-state index in [1.54, 1.807) is 12.3 Å². The van der Waals surface area contributed by atoms with E-state index in [1.165, 1.54) is 22.0 Å². The highest BCUT2D eigenvalue weighted by Gasteiger charge is 2.14. The van der Waals surface area contributed by atoms with Crippen LogP contribution in [0.1, 0.15) is 10.5 Å². The number of furan rings is 1. The van der Waals surface area contributed by atoms with Gasteiger partial charge in [-0.25, -0.2) is 15.3 Å². The third-order valence-corrected chi connectivity index (χ3v) is 3.08. The lowest BCUT2D eigenvalue weighted by Gasteiger charge is -1.90. The highest BCUT2D eigenvalue weighted by Crippen LogP contribution is 2.25. The van der Waals surface area contributed by atoms with Crippen molar-refractivity contribution in [2.45, 2.75) is 0 Å². The second-order valence-corrected chi connectivity index (χ2v) is 4.17. The molecule has 0 saturated carbocycles. The smallest absolute Gasteiger partial charge is 0.285 e. The van der Waals surface area contributed by atoms with Crippen LogP contribution in [0, 0.1) is 0 Å². The number of nitrogen functional groups attached to an aromatic ring is 1. The maximum atomic E-state index is 11.2. The lowest BCUT2D eigenvalue weighted by molar-refractivity contribution is 0.0949. The van der Waals surface area contributed by atoms with Gasteiger partial charge in [-0.2, -0.15) is 5.10 Å². The number of carbonyl (C=O) groups is 1. The lowest BCUT2D eigenvalue weighted by Crippen LogP contribution is -2.30. The fourth-order valence-electron chi connectivity index (χ4n) is 1.38. The van der Waals surface area contributed by atoms with E-state index in [0.29, 0.717) is 15.7 Å². The van der Waals surface area contributed by atoms with Crippen molar-refractivity contribution in [2.24, 2.45) is 5.84 Å². The van der Waals surface area contributed by atoms with Gasteiger partial charge >= 0.3 is 0 Å². The molecular formula is C9H7N5O2S. The molecule has 86 valence electrons. The van der Waals surface area contributed by atoms with Crippen LogP contribution in [0.5, 0.6) is 0 Å². The van der Waals surface area contributed by atoms with Crippen molar-refractivity contribution < 1.29 is 9.21 Å². The van der Waals surface area contributed by atoms with Gasteiger partial charge in [-0.1, -0.05) is 11.3 Å². The molecule has 0 aromatic carbocycles. The molecule has 0 radical (unpaired) electrons. The molecule has 7 nitrogen and oxygen atoms in total. The Hall–Kier alpha value is -2.19. The number of nitrogens with one attached hydrogen (secondary N) is 1. The Morgan fingerprint density at radius 2 is 2.47 bits per heavy atom. The van der Waals surface area contributed by atoms with Crippen molar-refractivity contribution in [2.75, 3.05) is 0 Å². The average Bonchev–Trinajstić information content (AvgIpc) is 3.01. The molecule has 0 aliphatic heterocycles. The number of hydrazine groups is 1. The molecule has 3 N–H and O–H groups in total. The van der Waals surface area contributed by atoms with E-state index in [4.69, 9.17) is 10.3 Å². The SMILES string of the molecule is NNC(=O)c1cn2nc(-c3ccco3)sc2n1. The molecule has 0 saturated heterocycles. The van der Waals surface area contributed by atoms with Crippen LogP contribution in [0.15, 0.2) is 29.0 Å². The summed E-state index contributed by atoms with van der Waals surface area (Å²) in [6, 6.07) is 3.60. The number of hydrogen-bond acceptors (Lipinski definition) is 6. The number of rotatable bonds is 2. The summed E-state index contributed by atoms with van der Waals surface area (Å²) in [5, 5.41) is 4.96. The first-order valence-corrected chi connectivity index (χ1v) is 5.50. The molecule has 3 heterocycles. The summed E-state index contributed by atoms with van der Waals surface area (Å²) in [6.45, 7) is 0. The molecule has 17 heavy (non-hydrogen) atoms. The number of hydrogen-bond donors (Lipinski definition) is 2. The molecule has 0 spiro atoms. The van der Waals surface area contributed by atoms with Crippen LogP contribution < -0.4 is 11.3 Å². The van der Waals surface area contributed by atoms with Crippen LogP contribution in [0.2, 0.25) is 0 Å². The fraction of sp³-hybridized carbons (Fsp3) is 0. The number of imidazole rings is 1. The molecule has 3 aromatic heterocycles. The van der Waals surface area contributed by atoms with Gasteiger partial charge in [0, 0.05) is 0 Å². The van der Waals surface area contributed by atoms with E-state index in [2.05, 4.69) is 10.1 Å². The Labute approximate surface area is 98.8 Å². The third-order valence-electron chi connectivity index (χ3n) is 2.14. The van der Waals surface area contributed by atoms with Crippen molar-refractivity contribution in [1.82, 2.24) is 20.0 Å². The molecule has 0 unspecified atom stereocenters. The van der Waals surface area contributed by atoms with Gasteiger partial charge in [0.1, 0.15) is 0 Å². The van der Waals surface area contributed by atoms with E-state index in [1.807, 2.05) is 11.5 Å². The molecule has 0 aliphatic rings. The van der Waals surface area contributed by atoms with Gasteiger partial charge in [0.25, 0.3) is 5.91 Å². The number of carbonyl (C=O) groups excluding carboxylic acids is 1. The van der Waals surface area contributed by atoms with E-state index in [-0.39, 0.29) is 5.69 Å². The fourth-order valence-corrected chi connectivity index (χ4v) is 2.23. The van der Waals surface area contributed by atoms with Gasteiger partial charge in [0.2, 0.25) is 4.96 Å². The van der Waals surface area contributed by atoms with E-state index >= 15 is 0 Å². The summed E-state index contributed by atoms with van der Waals surface area (Å²) < 4.78 is 6.75. The molecule has 1 amide bonds. The highest BCUT2D eigenvalue weighted by molar-refractivity contribution is 7.19. The molecule has 3 aromatic rings. The molecule has 0 fully saturated rings. The minimum atomic E-state index is -0.442. The van der Waals surface area contributed by atoms with Crippen molar-refractivity contribution in [1.29, 1.82) is 0 Å². The number of fused-ring (bicyclic) bond motifs is 1. The van der Waals surface area contributed by atoms with E-state index < -0.39 is 5.91 Å². The Bertz CT molecular complexity index is 637. The van der Waals surface area contributed by atoms with Crippen molar-refractivity contribution in [3.8, 4) is 10.8 Å². The molecular weight excluding hydrogens is 242 g/mol. The maximum absolute atomic E-state index is 11.2. The van der Waals surface area contributed by atoms with Gasteiger partial charge in [-0.3, -0.25) is 10.2 Å². The van der Waals surface area contributed by atoms with E-state index in [9.17, 15) is 4.79 Å². The summed E-state index contributed by atoms with van der Waals surface area (Å²) in [6.07, 6.45) is 3.09. The number of nitrogens with zero attached hydrogens (tertiary/aromatic N) is 3. The molecule has 8 heteroatoms. The van der Waals surface area contributed by atoms with Gasteiger partial charge in [-0.05, 0) is 12.1 Å².